The summed E-state index contributed by atoms with van der Waals surface area (Å²) in [6, 6.07) is 9.70. The monoisotopic (exact) mass is 298 g/mol. The molecule has 1 N–H and O–H groups in total. The minimum atomic E-state index is -0.170. The molecule has 0 aliphatic rings. The van der Waals surface area contributed by atoms with Gasteiger partial charge in [-0.05, 0) is 43.0 Å². The smallest absolute Gasteiger partial charge is 0.262 e. The van der Waals surface area contributed by atoms with Gasteiger partial charge in [-0.15, -0.1) is 0 Å². The molecule has 0 aliphatic heterocycles. The van der Waals surface area contributed by atoms with Crippen molar-refractivity contribution in [2.75, 3.05) is 11.9 Å². The molecule has 0 unspecified atom stereocenters. The van der Waals surface area contributed by atoms with E-state index in [0.29, 0.717) is 11.7 Å². The van der Waals surface area contributed by atoms with Crippen LogP contribution in [0, 0.1) is 13.8 Å². The quantitative estimate of drug-likeness (QED) is 0.912. The number of pyridine rings is 1. The van der Waals surface area contributed by atoms with Crippen LogP contribution < -0.4 is 10.1 Å². The van der Waals surface area contributed by atoms with Gasteiger partial charge in [0.1, 0.15) is 5.75 Å². The minimum Gasteiger partial charge on any atom is -0.482 e. The third-order valence-electron chi connectivity index (χ3n) is 3.45. The first-order chi connectivity index (χ1) is 10.5. The Hall–Kier alpha value is -2.36. The van der Waals surface area contributed by atoms with Crippen LogP contribution in [0.5, 0.6) is 5.75 Å². The number of nitrogens with one attached hydrogen (secondary N) is 1. The van der Waals surface area contributed by atoms with Crippen molar-refractivity contribution in [2.24, 2.45) is 0 Å². The summed E-state index contributed by atoms with van der Waals surface area (Å²) in [4.78, 5) is 16.3. The molecule has 22 heavy (non-hydrogen) atoms. The summed E-state index contributed by atoms with van der Waals surface area (Å²) in [7, 11) is 0. The average Bonchev–Trinajstić information content (AvgIpc) is 2.48. The van der Waals surface area contributed by atoms with Crippen LogP contribution in [0.2, 0.25) is 0 Å². The van der Waals surface area contributed by atoms with Crippen LogP contribution in [-0.2, 0) is 4.79 Å². The Balaban J connectivity index is 2.02. The van der Waals surface area contributed by atoms with Crippen LogP contribution in [0.15, 0.2) is 36.5 Å². The van der Waals surface area contributed by atoms with Gasteiger partial charge in [0, 0.05) is 11.4 Å². The fourth-order valence-corrected chi connectivity index (χ4v) is 2.21. The van der Waals surface area contributed by atoms with E-state index >= 15 is 0 Å². The van der Waals surface area contributed by atoms with Gasteiger partial charge in [-0.25, -0.2) is 0 Å². The topological polar surface area (TPSA) is 51.2 Å². The second-order valence-electron chi connectivity index (χ2n) is 5.67. The van der Waals surface area contributed by atoms with Gasteiger partial charge in [-0.1, -0.05) is 32.0 Å². The van der Waals surface area contributed by atoms with Gasteiger partial charge in [0.15, 0.2) is 6.61 Å². The van der Waals surface area contributed by atoms with E-state index in [2.05, 4.69) is 24.1 Å². The zero-order valence-electron chi connectivity index (χ0n) is 13.5. The number of carbonyl (C=O) groups excluding carboxylic acids is 1. The Labute approximate surface area is 131 Å². The van der Waals surface area contributed by atoms with Gasteiger partial charge in [-0.2, -0.15) is 0 Å². The van der Waals surface area contributed by atoms with Crippen LogP contribution in [0.4, 0.5) is 5.69 Å². The second-order valence-corrected chi connectivity index (χ2v) is 5.67. The highest BCUT2D eigenvalue weighted by Gasteiger charge is 2.12. The van der Waals surface area contributed by atoms with Crippen molar-refractivity contribution in [1.29, 1.82) is 0 Å². The number of nitrogens with zero attached hydrogens (tertiary/aromatic N) is 1. The van der Waals surface area contributed by atoms with Gasteiger partial charge < -0.3 is 10.1 Å². The van der Waals surface area contributed by atoms with E-state index in [1.165, 1.54) is 0 Å². The van der Waals surface area contributed by atoms with Gasteiger partial charge in [-0.3, -0.25) is 9.78 Å². The van der Waals surface area contributed by atoms with Crippen molar-refractivity contribution in [3.05, 3.63) is 53.3 Å². The number of rotatable bonds is 5. The molecule has 0 saturated carbocycles. The summed E-state index contributed by atoms with van der Waals surface area (Å²) in [6.45, 7) is 8.09. The largest absolute Gasteiger partial charge is 0.482 e. The SMILES string of the molecule is Cc1ccc(OCC(=O)Nc2c(C)cccc2C(C)C)cn1. The third-order valence-corrected chi connectivity index (χ3v) is 3.45. The van der Waals surface area contributed by atoms with E-state index in [4.69, 9.17) is 4.74 Å². The number of hydrogen-bond donors (Lipinski definition) is 1. The number of aryl methyl sites for hydroxylation is 2. The molecule has 2 aromatic rings. The number of aromatic nitrogens is 1. The standard InChI is InChI=1S/C18H22N2O2/c1-12(2)16-7-5-6-13(3)18(16)20-17(21)11-22-15-9-8-14(4)19-10-15/h5-10,12H,11H2,1-4H3,(H,20,21). The predicted molar refractivity (Wildman–Crippen MR) is 88.4 cm³/mol. The molecule has 4 heteroatoms. The van der Waals surface area contributed by atoms with Crippen LogP contribution >= 0.6 is 0 Å². The number of benzene rings is 1. The molecule has 116 valence electrons. The molecule has 1 amide bonds. The molecule has 0 atom stereocenters. The average molecular weight is 298 g/mol. The first-order valence-electron chi connectivity index (χ1n) is 7.42. The molecule has 2 rings (SSSR count). The molecule has 0 saturated heterocycles. The maximum Gasteiger partial charge on any atom is 0.262 e. The van der Waals surface area contributed by atoms with Gasteiger partial charge >= 0.3 is 0 Å². The fourth-order valence-electron chi connectivity index (χ4n) is 2.21. The second kappa shape index (κ2) is 7.07. The Morgan fingerprint density at radius 2 is 2.00 bits per heavy atom. The van der Waals surface area contributed by atoms with E-state index in [0.717, 1.165) is 22.5 Å². The van der Waals surface area contributed by atoms with Crippen LogP contribution in [0.1, 0.15) is 36.6 Å². The molecule has 0 spiro atoms. The molecule has 0 fully saturated rings. The summed E-state index contributed by atoms with van der Waals surface area (Å²) in [6.07, 6.45) is 1.62. The molecule has 1 heterocycles. The summed E-state index contributed by atoms with van der Waals surface area (Å²) < 4.78 is 5.46. The highest BCUT2D eigenvalue weighted by molar-refractivity contribution is 5.93. The highest BCUT2D eigenvalue weighted by atomic mass is 16.5. The molecular formula is C18H22N2O2. The lowest BCUT2D eigenvalue weighted by Gasteiger charge is -2.16. The van der Waals surface area contributed by atoms with Crippen molar-refractivity contribution in [2.45, 2.75) is 33.6 Å². The lowest BCUT2D eigenvalue weighted by Crippen LogP contribution is -2.21. The Kier molecular flexibility index (Phi) is 5.15. The lowest BCUT2D eigenvalue weighted by atomic mass is 9.98. The maximum absolute atomic E-state index is 12.1. The van der Waals surface area contributed by atoms with Gasteiger partial charge in [0.05, 0.1) is 6.20 Å². The molecule has 0 bridgehead atoms. The van der Waals surface area contributed by atoms with Crippen molar-refractivity contribution < 1.29 is 9.53 Å². The fraction of sp³-hybridized carbons (Fsp3) is 0.333. The predicted octanol–water partition coefficient (Wildman–Crippen LogP) is 3.84. The third kappa shape index (κ3) is 4.07. The summed E-state index contributed by atoms with van der Waals surface area (Å²) in [5.74, 6) is 0.767. The Bertz CT molecular complexity index is 649. The van der Waals surface area contributed by atoms with E-state index < -0.39 is 0 Å². The maximum atomic E-state index is 12.1. The van der Waals surface area contributed by atoms with Crippen molar-refractivity contribution >= 4 is 11.6 Å². The summed E-state index contributed by atoms with van der Waals surface area (Å²) >= 11 is 0. The lowest BCUT2D eigenvalue weighted by molar-refractivity contribution is -0.118. The highest BCUT2D eigenvalue weighted by Crippen LogP contribution is 2.27. The van der Waals surface area contributed by atoms with E-state index in [-0.39, 0.29) is 12.5 Å². The van der Waals surface area contributed by atoms with Crippen molar-refractivity contribution in [1.82, 2.24) is 4.98 Å². The summed E-state index contributed by atoms with van der Waals surface area (Å²) in [5, 5.41) is 2.96. The number of ether oxygens (including phenoxy) is 1. The van der Waals surface area contributed by atoms with Crippen LogP contribution in [-0.4, -0.2) is 17.5 Å². The normalized spacial score (nSPS) is 10.6. The molecule has 0 radical (unpaired) electrons. The zero-order chi connectivity index (χ0) is 16.1. The van der Waals surface area contributed by atoms with Crippen molar-refractivity contribution in [3.63, 3.8) is 0 Å². The molecule has 1 aromatic heterocycles. The number of para-hydroxylation sites is 1. The minimum absolute atomic E-state index is 0.0311. The Morgan fingerprint density at radius 3 is 2.64 bits per heavy atom. The number of anilines is 1. The molecule has 4 nitrogen and oxygen atoms in total. The van der Waals surface area contributed by atoms with Gasteiger partial charge in [0.25, 0.3) is 5.91 Å². The van der Waals surface area contributed by atoms with Crippen LogP contribution in [0.25, 0.3) is 0 Å². The number of hydrogen-bond acceptors (Lipinski definition) is 3. The number of amides is 1. The van der Waals surface area contributed by atoms with Crippen molar-refractivity contribution in [3.8, 4) is 5.75 Å². The molecular weight excluding hydrogens is 276 g/mol. The Morgan fingerprint density at radius 1 is 1.23 bits per heavy atom. The van der Waals surface area contributed by atoms with E-state index in [1.54, 1.807) is 6.20 Å². The van der Waals surface area contributed by atoms with Gasteiger partial charge in [0.2, 0.25) is 0 Å². The van der Waals surface area contributed by atoms with Crippen LogP contribution in [0.3, 0.4) is 0 Å². The first kappa shape index (κ1) is 16.0. The van der Waals surface area contributed by atoms with E-state index in [1.807, 2.05) is 44.2 Å². The molecule has 1 aromatic carbocycles. The summed E-state index contributed by atoms with van der Waals surface area (Å²) in [5.41, 5.74) is 3.98. The first-order valence-corrected chi connectivity index (χ1v) is 7.42. The zero-order valence-corrected chi connectivity index (χ0v) is 13.5. The molecule has 0 aliphatic carbocycles. The van der Waals surface area contributed by atoms with E-state index in [9.17, 15) is 4.79 Å². The number of carbonyl (C=O) groups is 1.